The molecule has 0 atom stereocenters. The van der Waals surface area contributed by atoms with Crippen molar-refractivity contribution in [1.82, 2.24) is 14.6 Å². The molecule has 1 fully saturated rings. The predicted octanol–water partition coefficient (Wildman–Crippen LogP) is 4.76. The number of methoxy groups -OCH3 is 2. The monoisotopic (exact) mass is 434 g/mol. The van der Waals surface area contributed by atoms with Gasteiger partial charge in [0.2, 0.25) is 0 Å². The number of aryl methyl sites for hydroxylation is 3. The molecular weight excluding hydrogens is 400 g/mol. The standard InChI is InChI=1S/C26H34N4O2/c1-17-15-20(32-4)11-12-21(17)24-18(2)28-30-25(24)27-23-10-6-9-22(23)26(30)29(13-14-31-3)16-19-7-5-8-19/h11-12,15,19H,5-10,13-14,16H2,1-4H3. The van der Waals surface area contributed by atoms with E-state index in [1.807, 2.05) is 6.07 Å². The molecule has 0 spiro atoms. The van der Waals surface area contributed by atoms with Crippen LogP contribution in [0.5, 0.6) is 5.75 Å². The zero-order chi connectivity index (χ0) is 22.2. The lowest BCUT2D eigenvalue weighted by Gasteiger charge is -2.34. The summed E-state index contributed by atoms with van der Waals surface area (Å²) in [6.07, 6.45) is 7.31. The van der Waals surface area contributed by atoms with Crippen LogP contribution in [0.3, 0.4) is 0 Å². The van der Waals surface area contributed by atoms with Crippen LogP contribution in [-0.4, -0.2) is 48.5 Å². The average molecular weight is 435 g/mol. The second-order valence-electron chi connectivity index (χ2n) is 9.33. The van der Waals surface area contributed by atoms with Crippen LogP contribution in [0.25, 0.3) is 16.8 Å². The largest absolute Gasteiger partial charge is 0.497 e. The van der Waals surface area contributed by atoms with E-state index in [2.05, 4.69) is 35.4 Å². The fourth-order valence-corrected chi connectivity index (χ4v) is 5.27. The van der Waals surface area contributed by atoms with E-state index in [0.717, 1.165) is 61.1 Å². The molecule has 0 unspecified atom stereocenters. The zero-order valence-electron chi connectivity index (χ0n) is 19.8. The van der Waals surface area contributed by atoms with E-state index in [4.69, 9.17) is 19.6 Å². The topological polar surface area (TPSA) is 51.9 Å². The fourth-order valence-electron chi connectivity index (χ4n) is 5.27. The number of aromatic nitrogens is 3. The Balaban J connectivity index is 1.69. The molecule has 2 aromatic heterocycles. The summed E-state index contributed by atoms with van der Waals surface area (Å²) >= 11 is 0. The van der Waals surface area contributed by atoms with E-state index >= 15 is 0 Å². The summed E-state index contributed by atoms with van der Waals surface area (Å²) in [6.45, 7) is 6.92. The van der Waals surface area contributed by atoms with Crippen molar-refractivity contribution >= 4 is 11.5 Å². The molecule has 2 heterocycles. The van der Waals surface area contributed by atoms with E-state index in [9.17, 15) is 0 Å². The summed E-state index contributed by atoms with van der Waals surface area (Å²) in [5.41, 5.74) is 8.11. The van der Waals surface area contributed by atoms with Gasteiger partial charge in [-0.1, -0.05) is 12.5 Å². The third-order valence-electron chi connectivity index (χ3n) is 7.21. The van der Waals surface area contributed by atoms with Crippen LogP contribution in [0.1, 0.15) is 48.2 Å². The maximum absolute atomic E-state index is 5.50. The molecule has 1 saturated carbocycles. The SMILES string of the molecule is COCCN(CC1CCC1)c1c2c(nc3c(-c4ccc(OC)cc4C)c(C)nn13)CCC2. The van der Waals surface area contributed by atoms with Crippen molar-refractivity contribution in [3.8, 4) is 16.9 Å². The highest BCUT2D eigenvalue weighted by molar-refractivity contribution is 5.83. The molecule has 6 nitrogen and oxygen atoms in total. The maximum atomic E-state index is 5.50. The van der Waals surface area contributed by atoms with Crippen LogP contribution >= 0.6 is 0 Å². The molecule has 170 valence electrons. The molecule has 32 heavy (non-hydrogen) atoms. The normalized spacial score (nSPS) is 15.8. The average Bonchev–Trinajstić information content (AvgIpc) is 3.35. The van der Waals surface area contributed by atoms with E-state index in [-0.39, 0.29) is 0 Å². The molecule has 0 amide bonds. The Morgan fingerprint density at radius 3 is 2.66 bits per heavy atom. The third-order valence-corrected chi connectivity index (χ3v) is 7.21. The van der Waals surface area contributed by atoms with Crippen LogP contribution in [-0.2, 0) is 17.6 Å². The zero-order valence-corrected chi connectivity index (χ0v) is 19.8. The summed E-state index contributed by atoms with van der Waals surface area (Å²) < 4.78 is 13.1. The molecule has 5 rings (SSSR count). The molecule has 2 aliphatic rings. The molecule has 0 bridgehead atoms. The second kappa shape index (κ2) is 8.74. The Kier molecular flexibility index (Phi) is 5.80. The third kappa shape index (κ3) is 3.64. The number of fused-ring (bicyclic) bond motifs is 2. The van der Waals surface area contributed by atoms with Crippen LogP contribution in [0.4, 0.5) is 5.82 Å². The lowest BCUT2D eigenvalue weighted by Crippen LogP contribution is -2.37. The lowest BCUT2D eigenvalue weighted by molar-refractivity contribution is 0.201. The van der Waals surface area contributed by atoms with Gasteiger partial charge in [0.25, 0.3) is 0 Å². The number of hydrogen-bond donors (Lipinski definition) is 0. The Hall–Kier alpha value is -2.60. The molecule has 3 aromatic rings. The molecule has 0 N–H and O–H groups in total. The van der Waals surface area contributed by atoms with Crippen LogP contribution in [0, 0.1) is 19.8 Å². The Morgan fingerprint density at radius 1 is 1.12 bits per heavy atom. The number of nitrogens with zero attached hydrogens (tertiary/aromatic N) is 4. The first-order valence-corrected chi connectivity index (χ1v) is 11.9. The Morgan fingerprint density at radius 2 is 1.97 bits per heavy atom. The van der Waals surface area contributed by atoms with E-state index in [0.29, 0.717) is 0 Å². The minimum absolute atomic E-state index is 0.718. The quantitative estimate of drug-likeness (QED) is 0.511. The molecule has 0 saturated heterocycles. The van der Waals surface area contributed by atoms with Crippen LogP contribution in [0.15, 0.2) is 18.2 Å². The van der Waals surface area contributed by atoms with Gasteiger partial charge in [0.15, 0.2) is 5.65 Å². The summed E-state index contributed by atoms with van der Waals surface area (Å²) in [6, 6.07) is 6.26. The molecular formula is C26H34N4O2. The highest BCUT2D eigenvalue weighted by atomic mass is 16.5. The van der Waals surface area contributed by atoms with Gasteiger partial charge >= 0.3 is 0 Å². The van der Waals surface area contributed by atoms with E-state index in [1.165, 1.54) is 53.9 Å². The molecule has 6 heteroatoms. The van der Waals surface area contributed by atoms with Gasteiger partial charge in [-0.3, -0.25) is 0 Å². The van der Waals surface area contributed by atoms with Crippen molar-refractivity contribution in [2.45, 2.75) is 52.4 Å². The summed E-state index contributed by atoms with van der Waals surface area (Å²) in [5, 5.41) is 5.07. The van der Waals surface area contributed by atoms with Crippen molar-refractivity contribution in [2.24, 2.45) is 5.92 Å². The smallest absolute Gasteiger partial charge is 0.165 e. The highest BCUT2D eigenvalue weighted by Crippen LogP contribution is 2.38. The molecule has 0 radical (unpaired) electrons. The van der Waals surface area contributed by atoms with E-state index in [1.54, 1.807) is 14.2 Å². The van der Waals surface area contributed by atoms with Gasteiger partial charge in [0.05, 0.1) is 19.4 Å². The summed E-state index contributed by atoms with van der Waals surface area (Å²) in [7, 11) is 3.50. The maximum Gasteiger partial charge on any atom is 0.165 e. The first-order chi connectivity index (χ1) is 15.6. The van der Waals surface area contributed by atoms with Crippen molar-refractivity contribution in [3.05, 3.63) is 40.7 Å². The van der Waals surface area contributed by atoms with Crippen molar-refractivity contribution in [3.63, 3.8) is 0 Å². The van der Waals surface area contributed by atoms with Gasteiger partial charge in [-0.05, 0) is 75.1 Å². The van der Waals surface area contributed by atoms with E-state index < -0.39 is 0 Å². The van der Waals surface area contributed by atoms with Gasteiger partial charge in [-0.2, -0.15) is 9.61 Å². The minimum atomic E-state index is 0.718. The number of hydrogen-bond acceptors (Lipinski definition) is 5. The molecule has 2 aliphatic carbocycles. The first kappa shape index (κ1) is 21.3. The number of anilines is 1. The van der Waals surface area contributed by atoms with Gasteiger partial charge in [-0.15, -0.1) is 0 Å². The second-order valence-corrected chi connectivity index (χ2v) is 9.33. The highest BCUT2D eigenvalue weighted by Gasteiger charge is 2.29. The first-order valence-electron chi connectivity index (χ1n) is 11.9. The Labute approximate surface area is 190 Å². The van der Waals surface area contributed by atoms with Crippen molar-refractivity contribution < 1.29 is 9.47 Å². The van der Waals surface area contributed by atoms with Gasteiger partial charge in [0.1, 0.15) is 11.6 Å². The minimum Gasteiger partial charge on any atom is -0.497 e. The van der Waals surface area contributed by atoms with Gasteiger partial charge in [0, 0.05) is 37.0 Å². The molecule has 1 aromatic carbocycles. The van der Waals surface area contributed by atoms with Gasteiger partial charge in [-0.25, -0.2) is 4.98 Å². The summed E-state index contributed by atoms with van der Waals surface area (Å²) in [4.78, 5) is 7.72. The number of rotatable bonds is 8. The predicted molar refractivity (Wildman–Crippen MR) is 128 cm³/mol. The van der Waals surface area contributed by atoms with Crippen LogP contribution < -0.4 is 9.64 Å². The Bertz CT molecular complexity index is 1130. The van der Waals surface area contributed by atoms with Gasteiger partial charge < -0.3 is 14.4 Å². The van der Waals surface area contributed by atoms with Crippen molar-refractivity contribution in [1.29, 1.82) is 0 Å². The lowest BCUT2D eigenvalue weighted by atomic mass is 9.85. The number of ether oxygens (including phenoxy) is 2. The summed E-state index contributed by atoms with van der Waals surface area (Å²) in [5.74, 6) is 2.89. The van der Waals surface area contributed by atoms with Crippen molar-refractivity contribution in [2.75, 3.05) is 38.8 Å². The molecule has 0 aliphatic heterocycles. The number of benzene rings is 1. The fraction of sp³-hybridized carbons (Fsp3) is 0.538. The van der Waals surface area contributed by atoms with Crippen LogP contribution in [0.2, 0.25) is 0 Å².